The van der Waals surface area contributed by atoms with Crippen molar-refractivity contribution in [3.8, 4) is 33.4 Å². The normalized spacial score (nSPS) is 12.0. The number of aryl methyl sites for hydroxylation is 6. The molecule has 1 nitrogen and oxygen atoms in total. The first kappa shape index (κ1) is 28.9. The molecule has 1 aliphatic carbocycles. The summed E-state index contributed by atoms with van der Waals surface area (Å²) in [5.41, 5.74) is 21.7. The van der Waals surface area contributed by atoms with Gasteiger partial charge >= 0.3 is 0 Å². The lowest BCUT2D eigenvalue weighted by Crippen LogP contribution is -2.57. The number of furan rings is 1. The predicted octanol–water partition coefficient (Wildman–Crippen LogP) is 10.4. The lowest BCUT2D eigenvalue weighted by Gasteiger charge is -2.27. The number of hydrogen-bond donors (Lipinski definition) is 0. The van der Waals surface area contributed by atoms with Gasteiger partial charge < -0.3 is 4.42 Å². The molecule has 0 radical (unpaired) electrons. The van der Waals surface area contributed by atoms with Crippen LogP contribution in [0.15, 0.2) is 120 Å². The van der Waals surface area contributed by atoms with Gasteiger partial charge in [0.1, 0.15) is 11.2 Å². The Hall–Kier alpha value is -5.34. The van der Waals surface area contributed by atoms with Gasteiger partial charge in [-0.2, -0.15) is 0 Å². The molecule has 1 aromatic heterocycles. The maximum absolute atomic E-state index is 6.63. The first-order valence-electron chi connectivity index (χ1n) is 17.1. The molecular weight excluding hydrogens is 579 g/mol. The smallest absolute Gasteiger partial charge is 0.243 e. The van der Waals surface area contributed by atoms with E-state index in [1.165, 1.54) is 105 Å². The van der Waals surface area contributed by atoms with Crippen LogP contribution >= 0.6 is 0 Å². The highest BCUT2D eigenvalue weighted by molar-refractivity contribution is 6.97. The van der Waals surface area contributed by atoms with Gasteiger partial charge in [0.05, 0.1) is 0 Å². The molecule has 1 aliphatic rings. The van der Waals surface area contributed by atoms with Gasteiger partial charge in [0.2, 0.25) is 6.71 Å². The number of fused-ring (bicyclic) bond motifs is 6. The first-order chi connectivity index (χ1) is 23.3. The fourth-order valence-corrected chi connectivity index (χ4v) is 8.93. The van der Waals surface area contributed by atoms with E-state index in [1.807, 2.05) is 0 Å². The van der Waals surface area contributed by atoms with Crippen molar-refractivity contribution in [3.63, 3.8) is 0 Å². The molecule has 0 bridgehead atoms. The van der Waals surface area contributed by atoms with Crippen LogP contribution in [0.25, 0.3) is 66.1 Å². The van der Waals surface area contributed by atoms with Crippen LogP contribution in [0.3, 0.4) is 0 Å². The molecule has 2 heteroatoms. The van der Waals surface area contributed by atoms with Gasteiger partial charge in [-0.3, -0.25) is 0 Å². The molecule has 230 valence electrons. The van der Waals surface area contributed by atoms with Gasteiger partial charge in [-0.05, 0) is 104 Å². The Labute approximate surface area is 283 Å². The Kier molecular flexibility index (Phi) is 6.36. The molecule has 0 atom stereocenters. The number of benzene rings is 7. The minimum absolute atomic E-state index is 0.152. The van der Waals surface area contributed by atoms with Crippen LogP contribution in [0.4, 0.5) is 0 Å². The first-order valence-corrected chi connectivity index (χ1v) is 17.1. The van der Waals surface area contributed by atoms with Gasteiger partial charge in [-0.25, -0.2) is 0 Å². The van der Waals surface area contributed by atoms with E-state index in [0.29, 0.717) is 0 Å². The zero-order valence-corrected chi connectivity index (χ0v) is 28.5. The molecule has 0 N–H and O–H groups in total. The SMILES string of the molecule is Cc1cccc(C)c1B(c1c(C)cccc1C)c1c(C)cc(-c2cccc3oc4cc5c(cc4c23)-c2cccc3cccc-5c23)cc1C. The molecule has 9 rings (SSSR count). The predicted molar refractivity (Wildman–Crippen MR) is 207 cm³/mol. The van der Waals surface area contributed by atoms with E-state index < -0.39 is 0 Å². The molecule has 0 aliphatic heterocycles. The topological polar surface area (TPSA) is 13.1 Å². The van der Waals surface area contributed by atoms with Crippen LogP contribution < -0.4 is 16.4 Å². The molecule has 7 aromatic carbocycles. The maximum Gasteiger partial charge on any atom is 0.243 e. The van der Waals surface area contributed by atoms with Crippen LogP contribution in [-0.2, 0) is 0 Å². The van der Waals surface area contributed by atoms with Crippen molar-refractivity contribution in [3.05, 3.63) is 149 Å². The van der Waals surface area contributed by atoms with Gasteiger partial charge in [0.15, 0.2) is 0 Å². The van der Waals surface area contributed by atoms with E-state index in [9.17, 15) is 0 Å². The summed E-state index contributed by atoms with van der Waals surface area (Å²) in [6.07, 6.45) is 0. The van der Waals surface area contributed by atoms with E-state index in [1.54, 1.807) is 0 Å². The van der Waals surface area contributed by atoms with Crippen LogP contribution in [0.1, 0.15) is 33.4 Å². The largest absolute Gasteiger partial charge is 0.456 e. The minimum Gasteiger partial charge on any atom is -0.456 e. The molecule has 0 saturated heterocycles. The minimum atomic E-state index is 0.152. The summed E-state index contributed by atoms with van der Waals surface area (Å²) >= 11 is 0. The third kappa shape index (κ3) is 4.12. The Morgan fingerprint density at radius 2 is 0.875 bits per heavy atom. The monoisotopic (exact) mass is 616 g/mol. The van der Waals surface area contributed by atoms with Crippen LogP contribution in [-0.4, -0.2) is 6.71 Å². The Bertz CT molecular complexity index is 2520. The summed E-state index contributed by atoms with van der Waals surface area (Å²) in [6, 6.07) is 42.7. The van der Waals surface area contributed by atoms with E-state index in [0.717, 1.165) is 11.2 Å². The molecule has 0 amide bonds. The fraction of sp³-hybridized carbons (Fsp3) is 0.130. The van der Waals surface area contributed by atoms with Gasteiger partial charge in [-0.15, -0.1) is 0 Å². The summed E-state index contributed by atoms with van der Waals surface area (Å²) in [6.45, 7) is 13.8. The summed E-state index contributed by atoms with van der Waals surface area (Å²) in [4.78, 5) is 0. The molecular formula is C46H37BO. The fourth-order valence-electron chi connectivity index (χ4n) is 8.93. The van der Waals surface area contributed by atoms with Gasteiger partial charge in [0, 0.05) is 10.8 Å². The zero-order chi connectivity index (χ0) is 32.8. The van der Waals surface area contributed by atoms with Crippen LogP contribution in [0.2, 0.25) is 0 Å². The van der Waals surface area contributed by atoms with Crippen molar-refractivity contribution in [1.82, 2.24) is 0 Å². The summed E-state index contributed by atoms with van der Waals surface area (Å²) in [5, 5.41) is 4.99. The summed E-state index contributed by atoms with van der Waals surface area (Å²) in [7, 11) is 0. The Balaban J connectivity index is 1.26. The lowest BCUT2D eigenvalue weighted by atomic mass is 9.33. The van der Waals surface area contributed by atoms with E-state index in [4.69, 9.17) is 4.42 Å². The second kappa shape index (κ2) is 10.6. The average molecular weight is 617 g/mol. The van der Waals surface area contributed by atoms with E-state index >= 15 is 0 Å². The summed E-state index contributed by atoms with van der Waals surface area (Å²) < 4.78 is 6.63. The van der Waals surface area contributed by atoms with Gasteiger partial charge in [-0.1, -0.05) is 147 Å². The standard InChI is InChI=1S/C46H37BO/c1-26-12-7-13-27(2)44(26)47(45-28(3)14-8-15-29(45)4)46-30(5)22-33(23-31(46)6)34-18-11-21-40-43(34)39-24-37-35-19-9-16-32-17-10-20-36(42(32)35)38(37)25-41(39)48-40/h7-25H,1-6H3. The van der Waals surface area contributed by atoms with Crippen molar-refractivity contribution >= 4 is 55.8 Å². The second-order valence-electron chi connectivity index (χ2n) is 14.0. The van der Waals surface area contributed by atoms with Crippen molar-refractivity contribution in [2.24, 2.45) is 0 Å². The second-order valence-corrected chi connectivity index (χ2v) is 14.0. The molecule has 0 spiro atoms. The lowest BCUT2D eigenvalue weighted by molar-refractivity contribution is 0.669. The van der Waals surface area contributed by atoms with Crippen molar-refractivity contribution in [2.75, 3.05) is 0 Å². The Morgan fingerprint density at radius 1 is 0.396 bits per heavy atom. The zero-order valence-electron chi connectivity index (χ0n) is 28.5. The molecule has 1 heterocycles. The number of hydrogen-bond acceptors (Lipinski definition) is 1. The highest BCUT2D eigenvalue weighted by atomic mass is 16.3. The quantitative estimate of drug-likeness (QED) is 0.179. The van der Waals surface area contributed by atoms with Crippen molar-refractivity contribution in [1.29, 1.82) is 0 Å². The third-order valence-corrected chi connectivity index (χ3v) is 11.0. The van der Waals surface area contributed by atoms with E-state index in [-0.39, 0.29) is 6.71 Å². The molecule has 48 heavy (non-hydrogen) atoms. The van der Waals surface area contributed by atoms with E-state index in [2.05, 4.69) is 157 Å². The average Bonchev–Trinajstić information content (AvgIpc) is 3.59. The molecule has 0 unspecified atom stereocenters. The van der Waals surface area contributed by atoms with Crippen molar-refractivity contribution in [2.45, 2.75) is 41.5 Å². The summed E-state index contributed by atoms with van der Waals surface area (Å²) in [5.74, 6) is 0. The highest BCUT2D eigenvalue weighted by Gasteiger charge is 2.31. The third-order valence-electron chi connectivity index (χ3n) is 11.0. The maximum atomic E-state index is 6.63. The molecule has 0 saturated carbocycles. The molecule has 0 fully saturated rings. The Morgan fingerprint density at radius 3 is 1.46 bits per heavy atom. The van der Waals surface area contributed by atoms with Crippen LogP contribution in [0.5, 0.6) is 0 Å². The number of rotatable bonds is 4. The molecule has 8 aromatic rings. The van der Waals surface area contributed by atoms with Gasteiger partial charge in [0.25, 0.3) is 0 Å². The van der Waals surface area contributed by atoms with Crippen molar-refractivity contribution < 1.29 is 4.42 Å². The highest BCUT2D eigenvalue weighted by Crippen LogP contribution is 2.50. The van der Waals surface area contributed by atoms with Crippen LogP contribution in [0, 0.1) is 41.5 Å².